The minimum absolute atomic E-state index is 0.436. The third-order valence-electron chi connectivity index (χ3n) is 2.49. The molecule has 0 aliphatic heterocycles. The average molecular weight is 238 g/mol. The van der Waals surface area contributed by atoms with Gasteiger partial charge in [0.05, 0.1) is 0 Å². The van der Waals surface area contributed by atoms with Crippen LogP contribution in [0, 0.1) is 0 Å². The van der Waals surface area contributed by atoms with Crippen molar-refractivity contribution in [2.75, 3.05) is 31.6 Å². The highest BCUT2D eigenvalue weighted by Gasteiger charge is 2.05. The lowest BCUT2D eigenvalue weighted by atomic mass is 10.3. The molecule has 1 aromatic rings. The van der Waals surface area contributed by atoms with Gasteiger partial charge in [-0.1, -0.05) is 0 Å². The molecule has 16 heavy (non-hydrogen) atoms. The summed E-state index contributed by atoms with van der Waals surface area (Å²) < 4.78 is 0. The first-order chi connectivity index (χ1) is 7.65. The topological polar surface area (TPSA) is 45.4 Å². The summed E-state index contributed by atoms with van der Waals surface area (Å²) in [6, 6.07) is 4.01. The molecule has 0 radical (unpaired) electrons. The van der Waals surface area contributed by atoms with Gasteiger partial charge in [0.1, 0.15) is 0 Å². The number of aromatic nitrogens is 1. The van der Waals surface area contributed by atoms with Gasteiger partial charge in [-0.25, -0.2) is 0 Å². The zero-order valence-corrected chi connectivity index (χ0v) is 10.6. The van der Waals surface area contributed by atoms with Crippen LogP contribution in [-0.2, 0) is 0 Å². The smallest absolute Gasteiger partial charge is 0.166 e. The van der Waals surface area contributed by atoms with E-state index in [0.717, 1.165) is 19.6 Å². The summed E-state index contributed by atoms with van der Waals surface area (Å²) in [5, 5.41) is 0.436. The molecule has 0 aliphatic rings. The highest BCUT2D eigenvalue weighted by atomic mass is 32.1. The van der Waals surface area contributed by atoms with Gasteiger partial charge in [-0.15, -0.1) is 0 Å². The Morgan fingerprint density at radius 1 is 1.38 bits per heavy atom. The molecule has 0 unspecified atom stereocenters. The maximum absolute atomic E-state index is 5.53. The predicted molar refractivity (Wildman–Crippen MR) is 71.5 cm³/mol. The number of nitrogens with two attached hydrogens (primary N) is 1. The fourth-order valence-corrected chi connectivity index (χ4v) is 1.50. The number of nitrogens with zero attached hydrogens (tertiary/aromatic N) is 3. The molecule has 88 valence electrons. The van der Waals surface area contributed by atoms with Crippen molar-refractivity contribution in [3.63, 3.8) is 0 Å². The van der Waals surface area contributed by atoms with Gasteiger partial charge in [0.2, 0.25) is 0 Å². The molecule has 0 saturated carbocycles. The first-order valence-corrected chi connectivity index (χ1v) is 5.71. The molecule has 0 amide bonds. The summed E-state index contributed by atoms with van der Waals surface area (Å²) in [5.41, 5.74) is 6.71. The number of hydrogen-bond donors (Lipinski definition) is 1. The minimum atomic E-state index is 0.436. The van der Waals surface area contributed by atoms with E-state index in [1.165, 1.54) is 5.69 Å². The van der Waals surface area contributed by atoms with Crippen molar-refractivity contribution < 1.29 is 0 Å². The zero-order valence-electron chi connectivity index (χ0n) is 9.76. The first-order valence-electron chi connectivity index (χ1n) is 5.30. The fraction of sp³-hybridized carbons (Fsp3) is 0.455. The van der Waals surface area contributed by atoms with E-state index >= 15 is 0 Å². The second kappa shape index (κ2) is 6.27. The molecule has 5 heteroatoms. The molecular weight excluding hydrogens is 220 g/mol. The fourth-order valence-electron chi connectivity index (χ4n) is 1.41. The van der Waals surface area contributed by atoms with Gasteiger partial charge in [-0.3, -0.25) is 4.98 Å². The Bertz CT molecular complexity index is 328. The number of pyridine rings is 1. The van der Waals surface area contributed by atoms with Crippen LogP contribution in [-0.4, -0.2) is 41.7 Å². The van der Waals surface area contributed by atoms with E-state index in [1.807, 2.05) is 24.1 Å². The van der Waals surface area contributed by atoms with Crippen LogP contribution in [0.2, 0.25) is 0 Å². The lowest BCUT2D eigenvalue weighted by Crippen LogP contribution is -2.38. The van der Waals surface area contributed by atoms with Crippen molar-refractivity contribution in [1.29, 1.82) is 0 Å². The minimum Gasteiger partial charge on any atom is -0.376 e. The van der Waals surface area contributed by atoms with Gasteiger partial charge in [-0.05, 0) is 31.3 Å². The van der Waals surface area contributed by atoms with E-state index < -0.39 is 0 Å². The van der Waals surface area contributed by atoms with Crippen LogP contribution >= 0.6 is 12.2 Å². The summed E-state index contributed by atoms with van der Waals surface area (Å²) in [4.78, 5) is 8.14. The van der Waals surface area contributed by atoms with Gasteiger partial charge >= 0.3 is 0 Å². The number of hydrogen-bond acceptors (Lipinski definition) is 3. The monoisotopic (exact) mass is 238 g/mol. The van der Waals surface area contributed by atoms with E-state index in [4.69, 9.17) is 18.0 Å². The summed E-state index contributed by atoms with van der Waals surface area (Å²) >= 11 is 4.90. The second-order valence-electron chi connectivity index (χ2n) is 3.54. The average Bonchev–Trinajstić information content (AvgIpc) is 2.30. The van der Waals surface area contributed by atoms with Gasteiger partial charge in [-0.2, -0.15) is 0 Å². The van der Waals surface area contributed by atoms with Crippen molar-refractivity contribution in [2.24, 2.45) is 5.73 Å². The molecule has 0 bridgehead atoms. The van der Waals surface area contributed by atoms with Gasteiger partial charge in [0.25, 0.3) is 0 Å². The molecule has 4 nitrogen and oxygen atoms in total. The van der Waals surface area contributed by atoms with Crippen LogP contribution in [0.4, 0.5) is 5.69 Å². The Morgan fingerprint density at radius 3 is 2.50 bits per heavy atom. The van der Waals surface area contributed by atoms with E-state index in [2.05, 4.69) is 16.8 Å². The standard InChI is InChI=1S/C11H18N4S/c1-3-15(9-8-14(2)11(12)16)10-4-6-13-7-5-10/h4-7H,3,8-9H2,1-2H3,(H2,12,16). The maximum Gasteiger partial charge on any atom is 0.166 e. The Labute approximate surface area is 102 Å². The molecule has 2 N–H and O–H groups in total. The molecule has 0 spiro atoms. The molecular formula is C11H18N4S. The lowest BCUT2D eigenvalue weighted by molar-refractivity contribution is 0.508. The van der Waals surface area contributed by atoms with Crippen LogP contribution in [0.3, 0.4) is 0 Å². The number of likely N-dealkylation sites (N-methyl/N-ethyl adjacent to an activating group) is 2. The summed E-state index contributed by atoms with van der Waals surface area (Å²) in [6.07, 6.45) is 3.60. The van der Waals surface area contributed by atoms with Gasteiger partial charge < -0.3 is 15.5 Å². The van der Waals surface area contributed by atoms with Gasteiger partial charge in [0, 0.05) is 44.8 Å². The van der Waals surface area contributed by atoms with Gasteiger partial charge in [0.15, 0.2) is 5.11 Å². The molecule has 0 atom stereocenters. The van der Waals surface area contributed by atoms with Crippen molar-refractivity contribution >= 4 is 23.0 Å². The Balaban J connectivity index is 2.53. The van der Waals surface area contributed by atoms with Crippen LogP contribution in [0.25, 0.3) is 0 Å². The van der Waals surface area contributed by atoms with E-state index in [1.54, 1.807) is 12.4 Å². The third kappa shape index (κ3) is 3.66. The highest BCUT2D eigenvalue weighted by molar-refractivity contribution is 7.80. The molecule has 1 heterocycles. The summed E-state index contributed by atoms with van der Waals surface area (Å²) in [7, 11) is 1.91. The number of rotatable bonds is 5. The molecule has 1 aromatic heterocycles. The first kappa shape index (κ1) is 12.7. The number of thiocarbonyl (C=S) groups is 1. The Kier molecular flexibility index (Phi) is 4.98. The van der Waals surface area contributed by atoms with E-state index in [0.29, 0.717) is 5.11 Å². The lowest BCUT2D eigenvalue weighted by Gasteiger charge is -2.26. The largest absolute Gasteiger partial charge is 0.376 e. The SMILES string of the molecule is CCN(CCN(C)C(N)=S)c1ccncc1. The van der Waals surface area contributed by atoms with Crippen molar-refractivity contribution in [3.05, 3.63) is 24.5 Å². The molecule has 0 fully saturated rings. The summed E-state index contributed by atoms with van der Waals surface area (Å²) in [5.74, 6) is 0. The third-order valence-corrected chi connectivity index (χ3v) is 2.80. The van der Waals surface area contributed by atoms with Crippen LogP contribution in [0.5, 0.6) is 0 Å². The van der Waals surface area contributed by atoms with Crippen LogP contribution in [0.15, 0.2) is 24.5 Å². The van der Waals surface area contributed by atoms with E-state index in [9.17, 15) is 0 Å². The maximum atomic E-state index is 5.53. The van der Waals surface area contributed by atoms with Crippen LogP contribution < -0.4 is 10.6 Å². The zero-order chi connectivity index (χ0) is 12.0. The Hall–Kier alpha value is -1.36. The molecule has 0 saturated heterocycles. The number of anilines is 1. The molecule has 0 aromatic carbocycles. The Morgan fingerprint density at radius 2 is 2.00 bits per heavy atom. The normalized spacial score (nSPS) is 9.88. The van der Waals surface area contributed by atoms with Crippen LogP contribution in [0.1, 0.15) is 6.92 Å². The predicted octanol–water partition coefficient (Wildman–Crippen LogP) is 1.08. The second-order valence-corrected chi connectivity index (χ2v) is 3.96. The molecule has 0 aliphatic carbocycles. The highest BCUT2D eigenvalue weighted by Crippen LogP contribution is 2.10. The van der Waals surface area contributed by atoms with Crippen molar-refractivity contribution in [1.82, 2.24) is 9.88 Å². The van der Waals surface area contributed by atoms with Crippen molar-refractivity contribution in [3.8, 4) is 0 Å². The van der Waals surface area contributed by atoms with Crippen molar-refractivity contribution in [2.45, 2.75) is 6.92 Å². The molecule has 1 rings (SSSR count). The van der Waals surface area contributed by atoms with E-state index in [-0.39, 0.29) is 0 Å². The summed E-state index contributed by atoms with van der Waals surface area (Å²) in [6.45, 7) is 4.80. The quantitative estimate of drug-likeness (QED) is 0.778.